The highest BCUT2D eigenvalue weighted by atomic mass is 16.5. The minimum atomic E-state index is 0.890. The van der Waals surface area contributed by atoms with Gasteiger partial charge in [0, 0.05) is 45.8 Å². The first kappa shape index (κ1) is 14.9. The van der Waals surface area contributed by atoms with Gasteiger partial charge in [-0.25, -0.2) is 0 Å². The number of anilines is 1. The van der Waals surface area contributed by atoms with Crippen molar-refractivity contribution in [3.05, 3.63) is 36.9 Å². The summed E-state index contributed by atoms with van der Waals surface area (Å²) in [6.07, 6.45) is 1.90. The standard InChI is InChI=1S/C16H25N3O/c1-3-8-17-9-10-18-11-13-19(14-12-18)15-6-4-5-7-16(15)20-2/h3-7,17H,1,8-14H2,2H3. The Morgan fingerprint density at radius 3 is 2.70 bits per heavy atom. The molecule has 0 aliphatic carbocycles. The Morgan fingerprint density at radius 2 is 2.00 bits per heavy atom. The molecule has 0 unspecified atom stereocenters. The molecule has 1 aromatic rings. The van der Waals surface area contributed by atoms with Crippen LogP contribution in [0.3, 0.4) is 0 Å². The Bertz CT molecular complexity index is 414. The van der Waals surface area contributed by atoms with Gasteiger partial charge < -0.3 is 15.0 Å². The van der Waals surface area contributed by atoms with Gasteiger partial charge in [-0.1, -0.05) is 18.2 Å². The van der Waals surface area contributed by atoms with Gasteiger partial charge in [0.05, 0.1) is 12.8 Å². The Morgan fingerprint density at radius 1 is 1.25 bits per heavy atom. The molecule has 1 fully saturated rings. The van der Waals surface area contributed by atoms with Crippen LogP contribution >= 0.6 is 0 Å². The first-order valence-corrected chi connectivity index (χ1v) is 7.27. The smallest absolute Gasteiger partial charge is 0.142 e. The molecule has 1 N–H and O–H groups in total. The largest absolute Gasteiger partial charge is 0.495 e. The van der Waals surface area contributed by atoms with Crippen LogP contribution in [0.25, 0.3) is 0 Å². The number of benzene rings is 1. The van der Waals surface area contributed by atoms with E-state index < -0.39 is 0 Å². The molecule has 1 aliphatic rings. The molecule has 4 nitrogen and oxygen atoms in total. The third-order valence-corrected chi connectivity index (χ3v) is 3.69. The maximum absolute atomic E-state index is 5.44. The second kappa shape index (κ2) is 7.92. The Balaban J connectivity index is 1.80. The minimum absolute atomic E-state index is 0.890. The van der Waals surface area contributed by atoms with Gasteiger partial charge in [0.1, 0.15) is 5.75 Å². The number of para-hydroxylation sites is 2. The van der Waals surface area contributed by atoms with Gasteiger partial charge in [0.15, 0.2) is 0 Å². The van der Waals surface area contributed by atoms with E-state index in [-0.39, 0.29) is 0 Å². The molecule has 110 valence electrons. The number of piperazine rings is 1. The fraction of sp³-hybridized carbons (Fsp3) is 0.500. The normalized spacial score (nSPS) is 16.1. The number of ether oxygens (including phenoxy) is 1. The van der Waals surface area contributed by atoms with Crippen LogP contribution in [0.1, 0.15) is 0 Å². The Hall–Kier alpha value is -1.52. The summed E-state index contributed by atoms with van der Waals surface area (Å²) < 4.78 is 5.44. The maximum atomic E-state index is 5.44. The SMILES string of the molecule is C=CCNCCN1CCN(c2ccccc2OC)CC1. The van der Waals surface area contributed by atoms with Gasteiger partial charge in [0.25, 0.3) is 0 Å². The van der Waals surface area contributed by atoms with Gasteiger partial charge in [-0.3, -0.25) is 4.90 Å². The van der Waals surface area contributed by atoms with Crippen molar-refractivity contribution >= 4 is 5.69 Å². The van der Waals surface area contributed by atoms with E-state index in [0.29, 0.717) is 0 Å². The number of hydrogen-bond acceptors (Lipinski definition) is 4. The lowest BCUT2D eigenvalue weighted by Gasteiger charge is -2.36. The molecule has 0 atom stereocenters. The summed E-state index contributed by atoms with van der Waals surface area (Å²) in [5, 5.41) is 3.35. The number of nitrogens with one attached hydrogen (secondary N) is 1. The summed E-state index contributed by atoms with van der Waals surface area (Å²) in [5.74, 6) is 0.966. The number of nitrogens with zero attached hydrogens (tertiary/aromatic N) is 2. The quantitative estimate of drug-likeness (QED) is 0.604. The lowest BCUT2D eigenvalue weighted by atomic mass is 10.2. The van der Waals surface area contributed by atoms with Crippen LogP contribution in [0.4, 0.5) is 5.69 Å². The molecule has 1 aromatic carbocycles. The molecule has 0 spiro atoms. The monoisotopic (exact) mass is 275 g/mol. The molecular formula is C16H25N3O. The Labute approximate surface area is 122 Å². The number of rotatable bonds is 7. The third-order valence-electron chi connectivity index (χ3n) is 3.69. The minimum Gasteiger partial charge on any atom is -0.495 e. The van der Waals surface area contributed by atoms with Crippen LogP contribution in [0.15, 0.2) is 36.9 Å². The molecule has 20 heavy (non-hydrogen) atoms. The molecule has 1 saturated heterocycles. The highest BCUT2D eigenvalue weighted by Crippen LogP contribution is 2.28. The molecule has 0 saturated carbocycles. The van der Waals surface area contributed by atoms with E-state index in [1.54, 1.807) is 7.11 Å². The highest BCUT2D eigenvalue weighted by molar-refractivity contribution is 5.58. The molecule has 0 radical (unpaired) electrons. The fourth-order valence-corrected chi connectivity index (χ4v) is 2.54. The lowest BCUT2D eigenvalue weighted by Crippen LogP contribution is -2.48. The maximum Gasteiger partial charge on any atom is 0.142 e. The zero-order valence-electron chi connectivity index (χ0n) is 12.3. The second-order valence-electron chi connectivity index (χ2n) is 4.99. The van der Waals surface area contributed by atoms with Crippen LogP contribution in [-0.4, -0.2) is 57.8 Å². The van der Waals surface area contributed by atoms with E-state index in [9.17, 15) is 0 Å². The molecular weight excluding hydrogens is 250 g/mol. The predicted molar refractivity (Wildman–Crippen MR) is 84.7 cm³/mol. The zero-order valence-corrected chi connectivity index (χ0v) is 12.3. The van der Waals surface area contributed by atoms with Crippen LogP contribution < -0.4 is 15.0 Å². The highest BCUT2D eigenvalue weighted by Gasteiger charge is 2.18. The third kappa shape index (κ3) is 3.99. The van der Waals surface area contributed by atoms with Crippen molar-refractivity contribution in [3.63, 3.8) is 0 Å². The summed E-state index contributed by atoms with van der Waals surface area (Å²) in [6.45, 7) is 11.1. The molecule has 4 heteroatoms. The van der Waals surface area contributed by atoms with Gasteiger partial charge >= 0.3 is 0 Å². The zero-order chi connectivity index (χ0) is 14.2. The van der Waals surface area contributed by atoms with Gasteiger partial charge in [-0.15, -0.1) is 6.58 Å². The first-order chi connectivity index (χ1) is 9.85. The van der Waals surface area contributed by atoms with E-state index >= 15 is 0 Å². The van der Waals surface area contributed by atoms with Crippen molar-refractivity contribution in [2.45, 2.75) is 0 Å². The van der Waals surface area contributed by atoms with Crippen molar-refractivity contribution in [1.29, 1.82) is 0 Å². The van der Waals surface area contributed by atoms with Crippen molar-refractivity contribution in [3.8, 4) is 5.75 Å². The second-order valence-corrected chi connectivity index (χ2v) is 4.99. The molecule has 0 aromatic heterocycles. The van der Waals surface area contributed by atoms with Crippen LogP contribution in [0.5, 0.6) is 5.75 Å². The van der Waals surface area contributed by atoms with Crippen LogP contribution in [0, 0.1) is 0 Å². The summed E-state index contributed by atoms with van der Waals surface area (Å²) in [7, 11) is 1.74. The summed E-state index contributed by atoms with van der Waals surface area (Å²) in [4.78, 5) is 4.91. The van der Waals surface area contributed by atoms with Crippen LogP contribution in [-0.2, 0) is 0 Å². The summed E-state index contributed by atoms with van der Waals surface area (Å²) >= 11 is 0. The number of methoxy groups -OCH3 is 1. The van der Waals surface area contributed by atoms with Crippen molar-refractivity contribution in [2.24, 2.45) is 0 Å². The van der Waals surface area contributed by atoms with E-state index in [4.69, 9.17) is 4.74 Å². The molecule has 0 bridgehead atoms. The van der Waals surface area contributed by atoms with E-state index in [2.05, 4.69) is 33.8 Å². The summed E-state index contributed by atoms with van der Waals surface area (Å²) in [5.41, 5.74) is 1.21. The average molecular weight is 275 g/mol. The van der Waals surface area contributed by atoms with Gasteiger partial charge in [-0.05, 0) is 12.1 Å². The first-order valence-electron chi connectivity index (χ1n) is 7.27. The lowest BCUT2D eigenvalue weighted by molar-refractivity contribution is 0.258. The topological polar surface area (TPSA) is 27.7 Å². The van der Waals surface area contributed by atoms with Crippen LogP contribution in [0.2, 0.25) is 0 Å². The summed E-state index contributed by atoms with van der Waals surface area (Å²) in [6, 6.07) is 8.26. The molecule has 1 aliphatic heterocycles. The molecule has 1 heterocycles. The Kier molecular flexibility index (Phi) is 5.89. The van der Waals surface area contributed by atoms with Gasteiger partial charge in [0.2, 0.25) is 0 Å². The average Bonchev–Trinajstić information content (AvgIpc) is 2.52. The van der Waals surface area contributed by atoms with Gasteiger partial charge in [-0.2, -0.15) is 0 Å². The van der Waals surface area contributed by atoms with E-state index in [1.807, 2.05) is 18.2 Å². The van der Waals surface area contributed by atoms with E-state index in [1.165, 1.54) is 5.69 Å². The van der Waals surface area contributed by atoms with Crippen molar-refractivity contribution in [1.82, 2.24) is 10.2 Å². The van der Waals surface area contributed by atoms with Crippen molar-refractivity contribution in [2.75, 3.05) is 57.8 Å². The fourth-order valence-electron chi connectivity index (χ4n) is 2.54. The molecule has 0 amide bonds. The molecule has 2 rings (SSSR count). The van der Waals surface area contributed by atoms with E-state index in [0.717, 1.165) is 51.6 Å². The predicted octanol–water partition coefficient (Wildman–Crippen LogP) is 1.59. The van der Waals surface area contributed by atoms with Crippen molar-refractivity contribution < 1.29 is 4.74 Å². The number of hydrogen-bond donors (Lipinski definition) is 1.